The standard InChI is InChI=1S/C18H17FN2/c1-18(20,15-7-3-4-8-16(15)19)12-14-11-10-13-6-2-5-9-17(13)21-14/h2-11H,12,20H2,1H3. The highest BCUT2D eigenvalue weighted by atomic mass is 19.1. The van der Waals surface area contributed by atoms with Gasteiger partial charge in [-0.15, -0.1) is 0 Å². The van der Waals surface area contributed by atoms with E-state index in [0.717, 1.165) is 16.6 Å². The summed E-state index contributed by atoms with van der Waals surface area (Å²) >= 11 is 0. The molecule has 106 valence electrons. The van der Waals surface area contributed by atoms with E-state index in [1.54, 1.807) is 18.2 Å². The van der Waals surface area contributed by atoms with Crippen molar-refractivity contribution in [2.75, 3.05) is 0 Å². The van der Waals surface area contributed by atoms with Gasteiger partial charge in [-0.3, -0.25) is 4.98 Å². The molecule has 1 heterocycles. The predicted molar refractivity (Wildman–Crippen MR) is 83.4 cm³/mol. The number of pyridine rings is 1. The quantitative estimate of drug-likeness (QED) is 0.792. The van der Waals surface area contributed by atoms with Crippen molar-refractivity contribution in [2.24, 2.45) is 5.73 Å². The Morgan fingerprint density at radius 3 is 2.52 bits per heavy atom. The monoisotopic (exact) mass is 280 g/mol. The van der Waals surface area contributed by atoms with Gasteiger partial charge in [-0.05, 0) is 25.1 Å². The van der Waals surface area contributed by atoms with Gasteiger partial charge in [-0.2, -0.15) is 0 Å². The molecule has 2 nitrogen and oxygen atoms in total. The van der Waals surface area contributed by atoms with E-state index >= 15 is 0 Å². The average Bonchev–Trinajstić information content (AvgIpc) is 2.47. The number of fused-ring (bicyclic) bond motifs is 1. The summed E-state index contributed by atoms with van der Waals surface area (Å²) in [6.07, 6.45) is 0.485. The first-order valence-corrected chi connectivity index (χ1v) is 6.95. The number of aromatic nitrogens is 1. The largest absolute Gasteiger partial charge is 0.321 e. The van der Waals surface area contributed by atoms with Gasteiger partial charge in [-0.25, -0.2) is 4.39 Å². The van der Waals surface area contributed by atoms with Gasteiger partial charge < -0.3 is 5.73 Å². The molecule has 0 amide bonds. The molecule has 2 N–H and O–H groups in total. The molecule has 0 saturated heterocycles. The first-order valence-electron chi connectivity index (χ1n) is 6.95. The van der Waals surface area contributed by atoms with Gasteiger partial charge in [0, 0.05) is 28.6 Å². The summed E-state index contributed by atoms with van der Waals surface area (Å²) in [6, 6.07) is 18.5. The lowest BCUT2D eigenvalue weighted by molar-refractivity contribution is 0.453. The van der Waals surface area contributed by atoms with Crippen LogP contribution < -0.4 is 5.73 Å². The highest BCUT2D eigenvalue weighted by molar-refractivity contribution is 5.78. The number of nitrogens with zero attached hydrogens (tertiary/aromatic N) is 1. The molecular weight excluding hydrogens is 263 g/mol. The second-order valence-electron chi connectivity index (χ2n) is 5.57. The molecule has 3 rings (SSSR count). The molecule has 1 aromatic heterocycles. The van der Waals surface area contributed by atoms with Gasteiger partial charge >= 0.3 is 0 Å². The van der Waals surface area contributed by atoms with Crippen LogP contribution in [0.4, 0.5) is 4.39 Å². The van der Waals surface area contributed by atoms with Crippen LogP contribution in [0.2, 0.25) is 0 Å². The molecule has 1 atom stereocenters. The van der Waals surface area contributed by atoms with E-state index in [2.05, 4.69) is 4.98 Å². The van der Waals surface area contributed by atoms with Crippen molar-refractivity contribution in [3.05, 3.63) is 77.7 Å². The average molecular weight is 280 g/mol. The van der Waals surface area contributed by atoms with Crippen molar-refractivity contribution in [3.8, 4) is 0 Å². The number of hydrogen-bond acceptors (Lipinski definition) is 2. The van der Waals surface area contributed by atoms with Crippen molar-refractivity contribution in [1.29, 1.82) is 0 Å². The van der Waals surface area contributed by atoms with E-state index in [4.69, 9.17) is 5.73 Å². The SMILES string of the molecule is CC(N)(Cc1ccc2ccccc2n1)c1ccccc1F. The van der Waals surface area contributed by atoms with Crippen LogP contribution in [0.3, 0.4) is 0 Å². The third kappa shape index (κ3) is 2.78. The summed E-state index contributed by atoms with van der Waals surface area (Å²) in [5, 5.41) is 1.09. The minimum absolute atomic E-state index is 0.275. The molecule has 0 radical (unpaired) electrons. The number of nitrogens with two attached hydrogens (primary N) is 1. The number of halogens is 1. The van der Waals surface area contributed by atoms with Crippen molar-refractivity contribution >= 4 is 10.9 Å². The predicted octanol–water partition coefficient (Wildman–Crippen LogP) is 3.79. The zero-order valence-electron chi connectivity index (χ0n) is 11.9. The first kappa shape index (κ1) is 13.7. The molecule has 1 unspecified atom stereocenters. The van der Waals surface area contributed by atoms with Crippen molar-refractivity contribution in [1.82, 2.24) is 4.98 Å². The Morgan fingerprint density at radius 2 is 1.71 bits per heavy atom. The van der Waals surface area contributed by atoms with Crippen LogP contribution in [-0.4, -0.2) is 4.98 Å². The Labute approximate surface area is 123 Å². The molecular formula is C18H17FN2. The second-order valence-corrected chi connectivity index (χ2v) is 5.57. The molecule has 0 aliphatic heterocycles. The van der Waals surface area contributed by atoms with Crippen LogP contribution in [0.5, 0.6) is 0 Å². The number of para-hydroxylation sites is 1. The summed E-state index contributed by atoms with van der Waals surface area (Å²) in [5.41, 5.74) is 7.85. The molecule has 0 saturated carbocycles. The van der Waals surface area contributed by atoms with Crippen molar-refractivity contribution < 1.29 is 4.39 Å². The minimum atomic E-state index is -0.791. The zero-order valence-corrected chi connectivity index (χ0v) is 11.9. The number of benzene rings is 2. The maximum absolute atomic E-state index is 13.9. The zero-order chi connectivity index (χ0) is 14.9. The molecule has 0 aliphatic carbocycles. The van der Waals surface area contributed by atoms with E-state index in [-0.39, 0.29) is 5.82 Å². The molecule has 3 heteroatoms. The van der Waals surface area contributed by atoms with E-state index < -0.39 is 5.54 Å². The summed E-state index contributed by atoms with van der Waals surface area (Å²) in [6.45, 7) is 1.84. The fourth-order valence-electron chi connectivity index (χ4n) is 2.60. The van der Waals surface area contributed by atoms with Crippen LogP contribution >= 0.6 is 0 Å². The fraction of sp³-hybridized carbons (Fsp3) is 0.167. The van der Waals surface area contributed by atoms with Crippen LogP contribution in [0, 0.1) is 5.82 Å². The fourth-order valence-corrected chi connectivity index (χ4v) is 2.60. The Hall–Kier alpha value is -2.26. The topological polar surface area (TPSA) is 38.9 Å². The van der Waals surface area contributed by atoms with Crippen LogP contribution in [-0.2, 0) is 12.0 Å². The van der Waals surface area contributed by atoms with Gasteiger partial charge in [0.15, 0.2) is 0 Å². The van der Waals surface area contributed by atoms with Gasteiger partial charge in [-0.1, -0.05) is 42.5 Å². The van der Waals surface area contributed by atoms with Crippen LogP contribution in [0.15, 0.2) is 60.7 Å². The lowest BCUT2D eigenvalue weighted by Gasteiger charge is -2.25. The molecule has 0 aliphatic rings. The smallest absolute Gasteiger partial charge is 0.128 e. The summed E-state index contributed by atoms with van der Waals surface area (Å²) in [7, 11) is 0. The molecule has 3 aromatic rings. The summed E-state index contributed by atoms with van der Waals surface area (Å²) in [4.78, 5) is 4.61. The Bertz CT molecular complexity index is 781. The Balaban J connectivity index is 1.95. The van der Waals surface area contributed by atoms with Crippen molar-refractivity contribution in [2.45, 2.75) is 18.9 Å². The lowest BCUT2D eigenvalue weighted by atomic mass is 9.88. The normalized spacial score (nSPS) is 14.0. The minimum Gasteiger partial charge on any atom is -0.321 e. The maximum atomic E-state index is 13.9. The molecule has 0 fully saturated rings. The number of hydrogen-bond donors (Lipinski definition) is 1. The maximum Gasteiger partial charge on any atom is 0.128 e. The highest BCUT2D eigenvalue weighted by Gasteiger charge is 2.25. The molecule has 2 aromatic carbocycles. The van der Waals surface area contributed by atoms with Gasteiger partial charge in [0.1, 0.15) is 5.82 Å². The molecule has 0 spiro atoms. The Morgan fingerprint density at radius 1 is 1.00 bits per heavy atom. The molecule has 0 bridgehead atoms. The van der Waals surface area contributed by atoms with Crippen LogP contribution in [0.25, 0.3) is 10.9 Å². The Kier molecular flexibility index (Phi) is 3.43. The third-order valence-corrected chi connectivity index (χ3v) is 3.69. The van der Waals surface area contributed by atoms with E-state index in [9.17, 15) is 4.39 Å². The van der Waals surface area contributed by atoms with E-state index in [1.807, 2.05) is 43.3 Å². The van der Waals surface area contributed by atoms with E-state index in [1.165, 1.54) is 6.07 Å². The van der Waals surface area contributed by atoms with Crippen LogP contribution in [0.1, 0.15) is 18.2 Å². The summed E-state index contributed by atoms with van der Waals surface area (Å²) in [5.74, 6) is -0.275. The second kappa shape index (κ2) is 5.26. The van der Waals surface area contributed by atoms with E-state index in [0.29, 0.717) is 12.0 Å². The number of rotatable bonds is 3. The highest BCUT2D eigenvalue weighted by Crippen LogP contribution is 2.25. The van der Waals surface area contributed by atoms with Crippen molar-refractivity contribution in [3.63, 3.8) is 0 Å². The first-order chi connectivity index (χ1) is 10.1. The lowest BCUT2D eigenvalue weighted by Crippen LogP contribution is -2.36. The summed E-state index contributed by atoms with van der Waals surface area (Å²) < 4.78 is 13.9. The molecule has 21 heavy (non-hydrogen) atoms. The van der Waals surface area contributed by atoms with Gasteiger partial charge in [0.25, 0.3) is 0 Å². The third-order valence-electron chi connectivity index (χ3n) is 3.69. The van der Waals surface area contributed by atoms with Gasteiger partial charge in [0.2, 0.25) is 0 Å². The van der Waals surface area contributed by atoms with Gasteiger partial charge in [0.05, 0.1) is 5.52 Å².